The normalized spacial score (nSPS) is 13.0. The molecule has 0 atom stereocenters. The number of aromatic nitrogens is 2. The molecule has 3 aromatic heterocycles. The van der Waals surface area contributed by atoms with Crippen LogP contribution in [0.15, 0.2) is 218 Å². The number of benzene rings is 9. The third-order valence-corrected chi connectivity index (χ3v) is 14.2. The molecule has 0 amide bonds. The molecule has 2 aliphatic rings. The van der Waals surface area contributed by atoms with Crippen LogP contribution in [0.5, 0.6) is 0 Å². The molecule has 0 N–H and O–H groups in total. The number of hydrogen-bond donors (Lipinski definition) is 0. The van der Waals surface area contributed by atoms with Crippen LogP contribution in [0.1, 0.15) is 57.2 Å². The van der Waals surface area contributed by atoms with Crippen LogP contribution >= 0.6 is 0 Å². The topological polar surface area (TPSA) is 12.6 Å². The fraction of sp³-hybridized carbons (Fsp3) is 0.108. The molecule has 68 heavy (non-hydrogen) atoms. The van der Waals surface area contributed by atoms with Gasteiger partial charge in [0.15, 0.2) is 0 Å². The molecular formula is C65H53N3. The van der Waals surface area contributed by atoms with E-state index in [-0.39, 0.29) is 0 Å². The largest absolute Gasteiger partial charge is 0.314 e. The van der Waals surface area contributed by atoms with Gasteiger partial charge in [-0.2, -0.15) is 0 Å². The third kappa shape index (κ3) is 6.41. The summed E-state index contributed by atoms with van der Waals surface area (Å²) in [5, 5.41) is 7.78. The lowest BCUT2D eigenvalue weighted by molar-refractivity contribution is 0.929. The first-order chi connectivity index (χ1) is 33.7. The minimum atomic E-state index is 0.893. The zero-order chi connectivity index (χ0) is 45.9. The Labute approximate surface area is 398 Å². The van der Waals surface area contributed by atoms with Crippen LogP contribution in [-0.2, 0) is 6.42 Å². The van der Waals surface area contributed by atoms with Crippen molar-refractivity contribution < 1.29 is 0 Å². The summed E-state index contributed by atoms with van der Waals surface area (Å²) in [5.41, 5.74) is 21.8. The summed E-state index contributed by atoms with van der Waals surface area (Å²) in [6, 6.07) is 74.3. The average molecular weight is 876 g/mol. The molecule has 0 aliphatic heterocycles. The van der Waals surface area contributed by atoms with Gasteiger partial charge < -0.3 is 13.9 Å². The van der Waals surface area contributed by atoms with E-state index in [2.05, 4.69) is 226 Å². The summed E-state index contributed by atoms with van der Waals surface area (Å²) in [5.74, 6) is 0. The molecule has 0 saturated carbocycles. The predicted octanol–water partition coefficient (Wildman–Crippen LogP) is 18.1. The van der Waals surface area contributed by atoms with Gasteiger partial charge in [-0.3, -0.25) is 0 Å². The second-order valence-electron chi connectivity index (χ2n) is 17.6. The highest BCUT2D eigenvalue weighted by atomic mass is 15.2. The summed E-state index contributed by atoms with van der Waals surface area (Å²) < 4.78 is 4.94. The van der Waals surface area contributed by atoms with E-state index in [4.69, 9.17) is 0 Å². The van der Waals surface area contributed by atoms with Gasteiger partial charge in [-0.1, -0.05) is 185 Å². The molecular weight excluding hydrogens is 823 g/mol. The number of para-hydroxylation sites is 5. The minimum absolute atomic E-state index is 0.893. The molecule has 2 aliphatic carbocycles. The van der Waals surface area contributed by atoms with Gasteiger partial charge in [0.2, 0.25) is 0 Å². The van der Waals surface area contributed by atoms with E-state index in [9.17, 15) is 0 Å². The SMILES string of the molecule is C1=C(c2ccccc2)CCC(N(c2ccc3c(c2)Cc2cc(-c4cccc5c6cccc7c8ccccc8n(c45)c76)ccc2-3)c2ccc3c4ccccc4n(-c4ccccc4)c3c2)=C1.CC.CC. The van der Waals surface area contributed by atoms with Crippen LogP contribution in [0.4, 0.5) is 11.4 Å². The van der Waals surface area contributed by atoms with Crippen LogP contribution in [0.25, 0.3) is 93.4 Å². The molecule has 3 heteroatoms. The second kappa shape index (κ2) is 16.9. The number of anilines is 2. The number of fused-ring (bicyclic) bond motifs is 12. The van der Waals surface area contributed by atoms with Gasteiger partial charge in [0.1, 0.15) is 0 Å². The van der Waals surface area contributed by atoms with Crippen molar-refractivity contribution in [3.05, 3.63) is 235 Å². The zero-order valence-corrected chi connectivity index (χ0v) is 39.2. The molecule has 0 fully saturated rings. The lowest BCUT2D eigenvalue weighted by Crippen LogP contribution is -2.18. The van der Waals surface area contributed by atoms with Gasteiger partial charge in [-0.25, -0.2) is 0 Å². The lowest BCUT2D eigenvalue weighted by Gasteiger charge is -2.30. The number of nitrogens with zero attached hydrogens (tertiary/aromatic N) is 3. The smallest absolute Gasteiger partial charge is 0.0620 e. The maximum absolute atomic E-state index is 2.52. The van der Waals surface area contributed by atoms with Crippen LogP contribution in [-0.4, -0.2) is 8.97 Å². The van der Waals surface area contributed by atoms with Crippen molar-refractivity contribution in [1.29, 1.82) is 0 Å². The van der Waals surface area contributed by atoms with Crippen molar-refractivity contribution in [3.8, 4) is 27.9 Å². The zero-order valence-electron chi connectivity index (χ0n) is 39.2. The molecule has 328 valence electrons. The molecule has 0 spiro atoms. The number of hydrogen-bond acceptors (Lipinski definition) is 1. The highest BCUT2D eigenvalue weighted by Crippen LogP contribution is 2.47. The monoisotopic (exact) mass is 875 g/mol. The Bertz CT molecular complexity index is 3920. The summed E-state index contributed by atoms with van der Waals surface area (Å²) in [4.78, 5) is 2.52. The quantitative estimate of drug-likeness (QED) is 0.162. The Morgan fingerprint density at radius 1 is 0.382 bits per heavy atom. The summed E-state index contributed by atoms with van der Waals surface area (Å²) >= 11 is 0. The Hall–Kier alpha value is -8.14. The molecule has 0 unspecified atom stereocenters. The Morgan fingerprint density at radius 3 is 1.71 bits per heavy atom. The maximum atomic E-state index is 2.52. The standard InChI is InChI=1S/C61H41N3.2C2H6/c1-3-13-39(14-4-1)40-25-28-45(29-26-40)62(47-31-34-53-51-17-7-9-23-57(51)63(59(53)38-47)44-15-5-2-6-16-44)46-30-33-49-43(37-46)36-42-35-41(27-32-48(42)49)50-19-11-21-55-56-22-12-20-54-52-18-8-10-24-58(52)64(60(50)55)61(54)56;2*1-2/h1-25,27-28,30-35,37-38H,26,29,36H2;2*1-2H3. The Kier molecular flexibility index (Phi) is 10.3. The Balaban J connectivity index is 0.00000117. The van der Waals surface area contributed by atoms with Crippen LogP contribution < -0.4 is 4.90 Å². The van der Waals surface area contributed by atoms with E-state index < -0.39 is 0 Å². The Morgan fingerprint density at radius 2 is 0.956 bits per heavy atom. The summed E-state index contributed by atoms with van der Waals surface area (Å²) in [6.45, 7) is 8.00. The molecule has 0 bridgehead atoms. The molecule has 0 radical (unpaired) electrons. The second-order valence-corrected chi connectivity index (χ2v) is 17.6. The molecule has 9 aromatic carbocycles. The third-order valence-electron chi connectivity index (χ3n) is 14.2. The van der Waals surface area contributed by atoms with Gasteiger partial charge in [0.25, 0.3) is 0 Å². The first-order valence-electron chi connectivity index (χ1n) is 24.5. The van der Waals surface area contributed by atoms with Gasteiger partial charge >= 0.3 is 0 Å². The fourth-order valence-corrected chi connectivity index (χ4v) is 11.3. The van der Waals surface area contributed by atoms with Gasteiger partial charge in [0, 0.05) is 60.6 Å². The van der Waals surface area contributed by atoms with E-state index in [1.807, 2.05) is 27.7 Å². The van der Waals surface area contributed by atoms with Crippen molar-refractivity contribution >= 4 is 76.8 Å². The predicted molar refractivity (Wildman–Crippen MR) is 292 cm³/mol. The number of allylic oxidation sites excluding steroid dienone is 4. The van der Waals surface area contributed by atoms with Gasteiger partial charge in [0.05, 0.1) is 27.6 Å². The van der Waals surface area contributed by atoms with Gasteiger partial charge in [-0.15, -0.1) is 0 Å². The molecule has 3 heterocycles. The van der Waals surface area contributed by atoms with E-state index in [1.54, 1.807) is 0 Å². The average Bonchev–Trinajstić information content (AvgIpc) is 4.16. The van der Waals surface area contributed by atoms with Crippen LogP contribution in [0, 0.1) is 0 Å². The molecule has 0 saturated heterocycles. The molecule has 14 rings (SSSR count). The van der Waals surface area contributed by atoms with Crippen molar-refractivity contribution in [2.45, 2.75) is 47.0 Å². The highest BCUT2D eigenvalue weighted by molar-refractivity contribution is 6.25. The lowest BCUT2D eigenvalue weighted by atomic mass is 9.94. The van der Waals surface area contributed by atoms with E-state index in [0.717, 1.165) is 19.3 Å². The molecule has 3 nitrogen and oxygen atoms in total. The van der Waals surface area contributed by atoms with Crippen molar-refractivity contribution in [2.75, 3.05) is 4.90 Å². The van der Waals surface area contributed by atoms with Crippen molar-refractivity contribution in [1.82, 2.24) is 8.97 Å². The first kappa shape index (κ1) is 41.3. The highest BCUT2D eigenvalue weighted by Gasteiger charge is 2.26. The summed E-state index contributed by atoms with van der Waals surface area (Å²) in [7, 11) is 0. The summed E-state index contributed by atoms with van der Waals surface area (Å²) in [6.07, 6.45) is 7.51. The fourth-order valence-electron chi connectivity index (χ4n) is 11.3. The van der Waals surface area contributed by atoms with Crippen LogP contribution in [0.2, 0.25) is 0 Å². The van der Waals surface area contributed by atoms with Gasteiger partial charge in [-0.05, 0) is 113 Å². The maximum Gasteiger partial charge on any atom is 0.0620 e. The van der Waals surface area contributed by atoms with Crippen molar-refractivity contribution in [3.63, 3.8) is 0 Å². The van der Waals surface area contributed by atoms with Crippen molar-refractivity contribution in [2.24, 2.45) is 0 Å². The van der Waals surface area contributed by atoms with E-state index >= 15 is 0 Å². The van der Waals surface area contributed by atoms with Crippen LogP contribution in [0.3, 0.4) is 0 Å². The first-order valence-corrected chi connectivity index (χ1v) is 24.5. The van der Waals surface area contributed by atoms with E-state index in [0.29, 0.717) is 0 Å². The minimum Gasteiger partial charge on any atom is -0.314 e. The molecule has 12 aromatic rings. The number of rotatable bonds is 6. The van der Waals surface area contributed by atoms with E-state index in [1.165, 1.54) is 127 Å².